The summed E-state index contributed by atoms with van der Waals surface area (Å²) < 4.78 is 17.1. The highest BCUT2D eigenvalue weighted by Gasteiger charge is 2.34. The maximum atomic E-state index is 5.55. The predicted octanol–water partition coefficient (Wildman–Crippen LogP) is 2.50. The summed E-state index contributed by atoms with van der Waals surface area (Å²) in [6, 6.07) is 5.83. The fourth-order valence-corrected chi connectivity index (χ4v) is 1.97. The van der Waals surface area contributed by atoms with Crippen molar-refractivity contribution in [2.24, 2.45) is 0 Å². The quantitative estimate of drug-likeness (QED) is 0.816. The summed E-state index contributed by atoms with van der Waals surface area (Å²) in [4.78, 5) is 0. The molecule has 0 radical (unpaired) electrons. The maximum absolute atomic E-state index is 5.55. The summed E-state index contributed by atoms with van der Waals surface area (Å²) in [5.41, 5.74) is 1.02. The first-order valence-electron chi connectivity index (χ1n) is 4.28. The van der Waals surface area contributed by atoms with Crippen molar-refractivity contribution in [1.82, 2.24) is 0 Å². The molecular formula is C10H11BrO3. The van der Waals surface area contributed by atoms with E-state index in [9.17, 15) is 0 Å². The predicted molar refractivity (Wildman–Crippen MR) is 55.3 cm³/mol. The molecule has 0 aromatic heterocycles. The molecule has 2 unspecified atom stereocenters. The number of methoxy groups -OCH3 is 2. The van der Waals surface area contributed by atoms with Crippen LogP contribution in [-0.4, -0.2) is 20.5 Å². The van der Waals surface area contributed by atoms with Crippen LogP contribution in [0.1, 0.15) is 11.7 Å². The van der Waals surface area contributed by atoms with Crippen LogP contribution in [0.2, 0.25) is 0 Å². The zero-order valence-electron chi connectivity index (χ0n) is 7.99. The van der Waals surface area contributed by atoms with Gasteiger partial charge in [-0.05, 0) is 18.2 Å². The normalized spacial score (nSPS) is 24.5. The lowest BCUT2D eigenvalue weighted by Gasteiger charge is -2.15. The number of halogens is 1. The fourth-order valence-electron chi connectivity index (χ4n) is 1.59. The van der Waals surface area contributed by atoms with E-state index in [0.717, 1.165) is 15.8 Å². The molecule has 0 saturated heterocycles. The smallest absolute Gasteiger partial charge is 0.230 e. The molecule has 1 aromatic rings. The van der Waals surface area contributed by atoms with Crippen LogP contribution >= 0.6 is 15.9 Å². The van der Waals surface area contributed by atoms with Crippen molar-refractivity contribution in [3.05, 3.63) is 28.2 Å². The second kappa shape index (κ2) is 3.88. The Morgan fingerprint density at radius 1 is 1.29 bits per heavy atom. The van der Waals surface area contributed by atoms with Crippen molar-refractivity contribution in [2.75, 3.05) is 14.2 Å². The van der Waals surface area contributed by atoms with E-state index in [-0.39, 0.29) is 12.4 Å². The van der Waals surface area contributed by atoms with Gasteiger partial charge in [0.05, 0.1) is 0 Å². The number of hydrogen-bond donors (Lipinski definition) is 0. The summed E-state index contributed by atoms with van der Waals surface area (Å²) in [6.45, 7) is 0. The first kappa shape index (κ1) is 9.96. The van der Waals surface area contributed by atoms with E-state index in [0.29, 0.717) is 0 Å². The highest BCUT2D eigenvalue weighted by Crippen LogP contribution is 2.40. The molecule has 4 heteroatoms. The molecule has 2 rings (SSSR count). The summed E-state index contributed by atoms with van der Waals surface area (Å²) in [7, 11) is 3.26. The van der Waals surface area contributed by atoms with Gasteiger partial charge < -0.3 is 14.2 Å². The highest BCUT2D eigenvalue weighted by molar-refractivity contribution is 9.10. The van der Waals surface area contributed by atoms with Crippen molar-refractivity contribution in [3.8, 4) is 5.75 Å². The van der Waals surface area contributed by atoms with Crippen molar-refractivity contribution in [1.29, 1.82) is 0 Å². The summed E-state index contributed by atoms with van der Waals surface area (Å²) in [6.07, 6.45) is -0.489. The van der Waals surface area contributed by atoms with Crippen LogP contribution < -0.4 is 4.74 Å². The van der Waals surface area contributed by atoms with Crippen LogP contribution in [0, 0.1) is 0 Å². The Morgan fingerprint density at radius 3 is 2.71 bits per heavy atom. The maximum Gasteiger partial charge on any atom is 0.230 e. The molecule has 2 atom stereocenters. The molecule has 0 N–H and O–H groups in total. The Kier molecular flexibility index (Phi) is 2.76. The molecule has 14 heavy (non-hydrogen) atoms. The van der Waals surface area contributed by atoms with Crippen molar-refractivity contribution < 1.29 is 14.2 Å². The summed E-state index contributed by atoms with van der Waals surface area (Å²) >= 11 is 3.41. The third-order valence-corrected chi connectivity index (χ3v) is 2.75. The summed E-state index contributed by atoms with van der Waals surface area (Å²) in [5, 5.41) is 0. The highest BCUT2D eigenvalue weighted by atomic mass is 79.9. The average molecular weight is 259 g/mol. The Morgan fingerprint density at radius 2 is 2.07 bits per heavy atom. The zero-order valence-corrected chi connectivity index (χ0v) is 9.58. The van der Waals surface area contributed by atoms with Gasteiger partial charge in [0.2, 0.25) is 6.29 Å². The molecule has 0 spiro atoms. The van der Waals surface area contributed by atoms with E-state index in [1.54, 1.807) is 14.2 Å². The number of rotatable bonds is 2. The van der Waals surface area contributed by atoms with Crippen LogP contribution in [0.15, 0.2) is 22.7 Å². The fraction of sp³-hybridized carbons (Fsp3) is 0.400. The largest absolute Gasteiger partial charge is 0.461 e. The zero-order chi connectivity index (χ0) is 10.1. The molecule has 0 saturated carbocycles. The van der Waals surface area contributed by atoms with Crippen molar-refractivity contribution >= 4 is 15.9 Å². The minimum absolute atomic E-state index is 0.146. The van der Waals surface area contributed by atoms with Gasteiger partial charge in [0, 0.05) is 24.3 Å². The third-order valence-electron chi connectivity index (χ3n) is 2.25. The molecule has 0 aliphatic carbocycles. The standard InChI is InChI=1S/C10H11BrO3/c1-12-9-7-5-6(11)3-4-8(7)14-10(9)13-2/h3-5,9-10H,1-2H3. The minimum atomic E-state index is -0.343. The molecule has 1 aromatic carbocycles. The van der Waals surface area contributed by atoms with E-state index in [4.69, 9.17) is 14.2 Å². The van der Waals surface area contributed by atoms with Crippen LogP contribution in [0.5, 0.6) is 5.75 Å². The lowest BCUT2D eigenvalue weighted by Crippen LogP contribution is -2.21. The van der Waals surface area contributed by atoms with Crippen LogP contribution in [0.4, 0.5) is 0 Å². The van der Waals surface area contributed by atoms with Gasteiger partial charge in [-0.1, -0.05) is 15.9 Å². The number of fused-ring (bicyclic) bond motifs is 1. The molecule has 0 bridgehead atoms. The third kappa shape index (κ3) is 1.54. The van der Waals surface area contributed by atoms with E-state index >= 15 is 0 Å². The van der Waals surface area contributed by atoms with Gasteiger partial charge in [-0.3, -0.25) is 0 Å². The number of hydrogen-bond acceptors (Lipinski definition) is 3. The van der Waals surface area contributed by atoms with E-state index in [1.165, 1.54) is 0 Å². The Bertz CT molecular complexity index is 340. The first-order chi connectivity index (χ1) is 6.76. The molecular weight excluding hydrogens is 248 g/mol. The van der Waals surface area contributed by atoms with Gasteiger partial charge >= 0.3 is 0 Å². The van der Waals surface area contributed by atoms with Crippen molar-refractivity contribution in [3.63, 3.8) is 0 Å². The van der Waals surface area contributed by atoms with Gasteiger partial charge in [-0.25, -0.2) is 0 Å². The average Bonchev–Trinajstić information content (AvgIpc) is 2.54. The Hall–Kier alpha value is -0.580. The number of benzene rings is 1. The topological polar surface area (TPSA) is 27.7 Å². The van der Waals surface area contributed by atoms with Gasteiger partial charge in [0.25, 0.3) is 0 Å². The second-order valence-electron chi connectivity index (χ2n) is 3.06. The lowest BCUT2D eigenvalue weighted by molar-refractivity contribution is -0.121. The second-order valence-corrected chi connectivity index (χ2v) is 3.98. The molecule has 1 aliphatic heterocycles. The monoisotopic (exact) mass is 258 g/mol. The van der Waals surface area contributed by atoms with Crippen LogP contribution in [0.25, 0.3) is 0 Å². The molecule has 1 heterocycles. The summed E-state index contributed by atoms with van der Waals surface area (Å²) in [5.74, 6) is 0.826. The Labute approximate surface area is 91.1 Å². The first-order valence-corrected chi connectivity index (χ1v) is 5.07. The molecule has 76 valence electrons. The minimum Gasteiger partial charge on any atom is -0.461 e. The van der Waals surface area contributed by atoms with E-state index in [2.05, 4.69) is 15.9 Å². The molecule has 0 fully saturated rings. The molecule has 1 aliphatic rings. The van der Waals surface area contributed by atoms with E-state index in [1.807, 2.05) is 18.2 Å². The van der Waals surface area contributed by atoms with Gasteiger partial charge in [-0.2, -0.15) is 0 Å². The lowest BCUT2D eigenvalue weighted by atomic mass is 10.1. The van der Waals surface area contributed by atoms with Crippen LogP contribution in [-0.2, 0) is 9.47 Å². The van der Waals surface area contributed by atoms with Gasteiger partial charge in [-0.15, -0.1) is 0 Å². The molecule has 0 amide bonds. The van der Waals surface area contributed by atoms with Gasteiger partial charge in [0.15, 0.2) is 0 Å². The molecule has 3 nitrogen and oxygen atoms in total. The van der Waals surface area contributed by atoms with Crippen molar-refractivity contribution in [2.45, 2.75) is 12.4 Å². The number of ether oxygens (including phenoxy) is 3. The SMILES string of the molecule is COC1Oc2ccc(Br)cc2C1OC. The van der Waals surface area contributed by atoms with E-state index < -0.39 is 0 Å². The van der Waals surface area contributed by atoms with Gasteiger partial charge in [0.1, 0.15) is 11.9 Å². The van der Waals surface area contributed by atoms with Crippen LogP contribution in [0.3, 0.4) is 0 Å². The Balaban J connectivity index is 2.38.